The first-order chi connectivity index (χ1) is 9.02. The number of benzene rings is 1. The minimum Gasteiger partial charge on any atom is -0.481 e. The standard InChI is InChI=1S/C15H18N2O2/c1-10(15(18)19)14-8-17(9-14)11(2)13-5-3-4-12(6-13)7-16/h3-6,10-11,14H,8-9H2,1-2H3,(H,18,19). The molecule has 1 aliphatic rings. The molecule has 0 bridgehead atoms. The number of rotatable bonds is 4. The van der Waals surface area contributed by atoms with Crippen LogP contribution >= 0.6 is 0 Å². The third kappa shape index (κ3) is 2.77. The zero-order valence-electron chi connectivity index (χ0n) is 11.2. The molecule has 0 aliphatic carbocycles. The van der Waals surface area contributed by atoms with Crippen LogP contribution in [0.4, 0.5) is 0 Å². The van der Waals surface area contributed by atoms with Crippen LogP contribution in [-0.4, -0.2) is 29.1 Å². The molecule has 1 N–H and O–H groups in total. The Morgan fingerprint density at radius 3 is 2.74 bits per heavy atom. The molecular weight excluding hydrogens is 240 g/mol. The molecular formula is C15H18N2O2. The first-order valence-corrected chi connectivity index (χ1v) is 6.50. The number of likely N-dealkylation sites (tertiary alicyclic amines) is 1. The smallest absolute Gasteiger partial charge is 0.306 e. The van der Waals surface area contributed by atoms with Crippen molar-refractivity contribution in [3.63, 3.8) is 0 Å². The fraction of sp³-hybridized carbons (Fsp3) is 0.467. The molecule has 0 radical (unpaired) electrons. The molecule has 19 heavy (non-hydrogen) atoms. The van der Waals surface area contributed by atoms with E-state index in [0.29, 0.717) is 5.56 Å². The van der Waals surface area contributed by atoms with Crippen LogP contribution in [0.2, 0.25) is 0 Å². The number of aliphatic carboxylic acids is 1. The van der Waals surface area contributed by atoms with Gasteiger partial charge >= 0.3 is 5.97 Å². The molecule has 2 unspecified atom stereocenters. The molecule has 0 spiro atoms. The number of nitriles is 1. The molecule has 4 nitrogen and oxygen atoms in total. The van der Waals surface area contributed by atoms with Gasteiger partial charge in [-0.2, -0.15) is 5.26 Å². The van der Waals surface area contributed by atoms with Crippen LogP contribution in [0.5, 0.6) is 0 Å². The lowest BCUT2D eigenvalue weighted by molar-refractivity contribution is -0.146. The summed E-state index contributed by atoms with van der Waals surface area (Å²) >= 11 is 0. The minimum atomic E-state index is -0.719. The summed E-state index contributed by atoms with van der Waals surface area (Å²) in [5.41, 5.74) is 1.78. The quantitative estimate of drug-likeness (QED) is 0.899. The molecule has 2 rings (SSSR count). The highest BCUT2D eigenvalue weighted by atomic mass is 16.4. The topological polar surface area (TPSA) is 64.3 Å². The largest absolute Gasteiger partial charge is 0.481 e. The molecule has 4 heteroatoms. The summed E-state index contributed by atoms with van der Waals surface area (Å²) in [7, 11) is 0. The molecule has 1 heterocycles. The number of carboxylic acids is 1. The van der Waals surface area contributed by atoms with E-state index >= 15 is 0 Å². The van der Waals surface area contributed by atoms with Crippen molar-refractivity contribution < 1.29 is 9.90 Å². The lowest BCUT2D eigenvalue weighted by Crippen LogP contribution is -2.51. The summed E-state index contributed by atoms with van der Waals surface area (Å²) in [6.45, 7) is 5.49. The Balaban J connectivity index is 1.98. The van der Waals surface area contributed by atoms with Crippen molar-refractivity contribution in [3.05, 3.63) is 35.4 Å². The second-order valence-electron chi connectivity index (χ2n) is 5.25. The Morgan fingerprint density at radius 1 is 1.47 bits per heavy atom. The normalized spacial score (nSPS) is 19.2. The summed E-state index contributed by atoms with van der Waals surface area (Å²) in [5, 5.41) is 17.9. The van der Waals surface area contributed by atoms with E-state index in [4.69, 9.17) is 10.4 Å². The van der Waals surface area contributed by atoms with Gasteiger partial charge < -0.3 is 5.11 Å². The van der Waals surface area contributed by atoms with E-state index in [9.17, 15) is 4.79 Å². The molecule has 2 atom stereocenters. The Hall–Kier alpha value is -1.86. The molecule has 0 saturated carbocycles. The number of hydrogen-bond acceptors (Lipinski definition) is 3. The lowest BCUT2D eigenvalue weighted by atomic mass is 9.85. The van der Waals surface area contributed by atoms with Gasteiger partial charge in [0.15, 0.2) is 0 Å². The van der Waals surface area contributed by atoms with Crippen molar-refractivity contribution in [1.29, 1.82) is 5.26 Å². The van der Waals surface area contributed by atoms with E-state index < -0.39 is 5.97 Å². The van der Waals surface area contributed by atoms with Gasteiger partial charge in [-0.1, -0.05) is 19.1 Å². The van der Waals surface area contributed by atoms with Crippen LogP contribution in [0.25, 0.3) is 0 Å². The van der Waals surface area contributed by atoms with Gasteiger partial charge in [-0.05, 0) is 30.5 Å². The predicted molar refractivity (Wildman–Crippen MR) is 71.4 cm³/mol. The second-order valence-corrected chi connectivity index (χ2v) is 5.25. The van der Waals surface area contributed by atoms with Crippen molar-refractivity contribution in [2.75, 3.05) is 13.1 Å². The number of carbonyl (C=O) groups is 1. The Morgan fingerprint density at radius 2 is 2.16 bits per heavy atom. The Bertz CT molecular complexity index is 515. The van der Waals surface area contributed by atoms with Crippen molar-refractivity contribution in [2.45, 2.75) is 19.9 Å². The average Bonchev–Trinajstić information content (AvgIpc) is 2.36. The first-order valence-electron chi connectivity index (χ1n) is 6.50. The molecule has 0 aromatic heterocycles. The maximum Gasteiger partial charge on any atom is 0.306 e. The van der Waals surface area contributed by atoms with Crippen molar-refractivity contribution >= 4 is 5.97 Å². The van der Waals surface area contributed by atoms with E-state index in [-0.39, 0.29) is 17.9 Å². The Kier molecular flexibility index (Phi) is 3.87. The van der Waals surface area contributed by atoms with Gasteiger partial charge in [-0.15, -0.1) is 0 Å². The van der Waals surface area contributed by atoms with Crippen molar-refractivity contribution in [1.82, 2.24) is 4.90 Å². The summed E-state index contributed by atoms with van der Waals surface area (Å²) in [4.78, 5) is 13.2. The summed E-state index contributed by atoms with van der Waals surface area (Å²) < 4.78 is 0. The van der Waals surface area contributed by atoms with Crippen LogP contribution in [0, 0.1) is 23.2 Å². The van der Waals surface area contributed by atoms with E-state index in [1.54, 1.807) is 13.0 Å². The van der Waals surface area contributed by atoms with Crippen LogP contribution < -0.4 is 0 Å². The van der Waals surface area contributed by atoms with Crippen molar-refractivity contribution in [3.8, 4) is 6.07 Å². The summed E-state index contributed by atoms with van der Waals surface area (Å²) in [6, 6.07) is 9.97. The fourth-order valence-electron chi connectivity index (χ4n) is 2.46. The van der Waals surface area contributed by atoms with Gasteiger partial charge in [-0.3, -0.25) is 9.69 Å². The number of carboxylic acid groups (broad SMARTS) is 1. The minimum absolute atomic E-state index is 0.227. The molecule has 1 aromatic rings. The van der Waals surface area contributed by atoms with Crippen molar-refractivity contribution in [2.24, 2.45) is 11.8 Å². The highest BCUT2D eigenvalue weighted by Gasteiger charge is 2.36. The SMILES string of the molecule is CC(C(=O)O)C1CN(C(C)c2cccc(C#N)c2)C1. The lowest BCUT2D eigenvalue weighted by Gasteiger charge is -2.45. The van der Waals surface area contributed by atoms with E-state index in [2.05, 4.69) is 17.9 Å². The van der Waals surface area contributed by atoms with Crippen LogP contribution in [-0.2, 0) is 4.79 Å². The fourth-order valence-corrected chi connectivity index (χ4v) is 2.46. The highest BCUT2D eigenvalue weighted by molar-refractivity contribution is 5.70. The molecule has 1 fully saturated rings. The molecule has 100 valence electrons. The summed E-state index contributed by atoms with van der Waals surface area (Å²) in [6.07, 6.45) is 0. The molecule has 1 saturated heterocycles. The van der Waals surface area contributed by atoms with E-state index in [1.807, 2.05) is 18.2 Å². The van der Waals surface area contributed by atoms with Crippen LogP contribution in [0.15, 0.2) is 24.3 Å². The van der Waals surface area contributed by atoms with E-state index in [0.717, 1.165) is 18.7 Å². The van der Waals surface area contributed by atoms with Crippen LogP contribution in [0.1, 0.15) is 31.0 Å². The maximum atomic E-state index is 10.9. The van der Waals surface area contributed by atoms with E-state index in [1.165, 1.54) is 0 Å². The third-order valence-electron chi connectivity index (χ3n) is 4.08. The molecule has 1 aromatic carbocycles. The zero-order valence-corrected chi connectivity index (χ0v) is 11.2. The first kappa shape index (κ1) is 13.6. The number of hydrogen-bond donors (Lipinski definition) is 1. The maximum absolute atomic E-state index is 10.9. The summed E-state index contributed by atoms with van der Waals surface area (Å²) in [5.74, 6) is -0.767. The van der Waals surface area contributed by atoms with Gasteiger partial charge in [-0.25, -0.2) is 0 Å². The predicted octanol–water partition coefficient (Wildman–Crippen LogP) is 2.27. The monoisotopic (exact) mass is 258 g/mol. The Labute approximate surface area is 113 Å². The molecule has 0 amide bonds. The van der Waals surface area contributed by atoms with Crippen LogP contribution in [0.3, 0.4) is 0 Å². The average molecular weight is 258 g/mol. The number of nitrogens with zero attached hydrogens (tertiary/aromatic N) is 2. The van der Waals surface area contributed by atoms with Gasteiger partial charge in [0.1, 0.15) is 0 Å². The zero-order chi connectivity index (χ0) is 14.0. The second kappa shape index (κ2) is 5.41. The van der Waals surface area contributed by atoms with Gasteiger partial charge in [0.05, 0.1) is 17.6 Å². The van der Waals surface area contributed by atoms with Gasteiger partial charge in [0.25, 0.3) is 0 Å². The van der Waals surface area contributed by atoms with Gasteiger partial charge in [0, 0.05) is 19.1 Å². The highest BCUT2D eigenvalue weighted by Crippen LogP contribution is 2.32. The van der Waals surface area contributed by atoms with Gasteiger partial charge in [0.2, 0.25) is 0 Å². The molecule has 1 aliphatic heterocycles. The third-order valence-corrected chi connectivity index (χ3v) is 4.08.